The maximum absolute atomic E-state index is 5.98. The minimum Gasteiger partial charge on any atom is -0.330 e. The molecule has 0 aromatic carbocycles. The number of nitrogens with two attached hydrogens (primary N) is 1. The van der Waals surface area contributed by atoms with E-state index >= 15 is 0 Å². The van der Waals surface area contributed by atoms with Crippen LogP contribution in [0.5, 0.6) is 0 Å². The summed E-state index contributed by atoms with van der Waals surface area (Å²) < 4.78 is 2.74. The van der Waals surface area contributed by atoms with Gasteiger partial charge >= 0.3 is 0 Å². The third kappa shape index (κ3) is 1.90. The second kappa shape index (κ2) is 4.68. The molecule has 0 aliphatic rings. The zero-order valence-corrected chi connectivity index (χ0v) is 11.1. The van der Waals surface area contributed by atoms with Gasteiger partial charge in [0.25, 0.3) is 0 Å². The van der Waals surface area contributed by atoms with E-state index in [9.17, 15) is 0 Å². The van der Waals surface area contributed by atoms with Gasteiger partial charge in [0, 0.05) is 18.8 Å². The predicted octanol–water partition coefficient (Wildman–Crippen LogP) is 2.61. The van der Waals surface area contributed by atoms with Crippen LogP contribution in [0.4, 0.5) is 0 Å². The summed E-state index contributed by atoms with van der Waals surface area (Å²) >= 11 is 7.50. The van der Waals surface area contributed by atoms with Crippen LogP contribution in [0, 0.1) is 0 Å². The van der Waals surface area contributed by atoms with Crippen molar-refractivity contribution in [1.82, 2.24) is 14.4 Å². The molecule has 0 atom stereocenters. The highest BCUT2D eigenvalue weighted by atomic mass is 35.5. The first kappa shape index (κ1) is 11.6. The van der Waals surface area contributed by atoms with Crippen molar-refractivity contribution in [1.29, 1.82) is 0 Å². The van der Waals surface area contributed by atoms with Gasteiger partial charge < -0.3 is 5.73 Å². The first-order valence-electron chi connectivity index (χ1n) is 5.57. The maximum atomic E-state index is 5.98. The highest BCUT2D eigenvalue weighted by Crippen LogP contribution is 2.32. The van der Waals surface area contributed by atoms with Gasteiger partial charge in [-0.1, -0.05) is 11.6 Å². The Labute approximate surface area is 113 Å². The first-order valence-corrected chi connectivity index (χ1v) is 6.77. The molecule has 0 saturated heterocycles. The lowest BCUT2D eigenvalue weighted by molar-refractivity contribution is 0.901. The Balaban J connectivity index is 2.24. The van der Waals surface area contributed by atoms with Crippen molar-refractivity contribution in [3.05, 3.63) is 40.6 Å². The minimum atomic E-state index is 0.578. The highest BCUT2D eigenvalue weighted by Gasteiger charge is 2.15. The SMILES string of the molecule is NCCc1c(-c2ccc(Cl)s2)nc2ncccn12. The quantitative estimate of drug-likeness (QED) is 0.801. The molecule has 0 unspecified atom stereocenters. The molecule has 92 valence electrons. The van der Waals surface area contributed by atoms with Crippen LogP contribution >= 0.6 is 22.9 Å². The molecule has 18 heavy (non-hydrogen) atoms. The van der Waals surface area contributed by atoms with Gasteiger partial charge in [0.2, 0.25) is 5.78 Å². The number of hydrogen-bond donors (Lipinski definition) is 1. The topological polar surface area (TPSA) is 56.2 Å². The Hall–Kier alpha value is -1.43. The third-order valence-corrected chi connectivity index (χ3v) is 3.93. The van der Waals surface area contributed by atoms with Crippen LogP contribution in [-0.2, 0) is 6.42 Å². The van der Waals surface area contributed by atoms with Crippen molar-refractivity contribution in [3.63, 3.8) is 0 Å². The molecule has 3 rings (SSSR count). The molecular formula is C12H11ClN4S. The molecule has 0 radical (unpaired) electrons. The number of fused-ring (bicyclic) bond motifs is 1. The molecule has 0 aliphatic heterocycles. The molecule has 4 nitrogen and oxygen atoms in total. The number of hydrogen-bond acceptors (Lipinski definition) is 4. The van der Waals surface area contributed by atoms with Crippen LogP contribution in [0.3, 0.4) is 0 Å². The van der Waals surface area contributed by atoms with Crippen molar-refractivity contribution < 1.29 is 0 Å². The first-order chi connectivity index (χ1) is 8.79. The second-order valence-corrected chi connectivity index (χ2v) is 5.55. The van der Waals surface area contributed by atoms with Gasteiger partial charge in [0.05, 0.1) is 14.9 Å². The number of nitrogens with zero attached hydrogens (tertiary/aromatic N) is 3. The van der Waals surface area contributed by atoms with E-state index in [4.69, 9.17) is 17.3 Å². The summed E-state index contributed by atoms with van der Waals surface area (Å²) in [5.41, 5.74) is 7.69. The van der Waals surface area contributed by atoms with Crippen molar-refractivity contribution in [2.75, 3.05) is 6.54 Å². The number of aromatic nitrogens is 3. The summed E-state index contributed by atoms with van der Waals surface area (Å²) in [7, 11) is 0. The monoisotopic (exact) mass is 278 g/mol. The van der Waals surface area contributed by atoms with Gasteiger partial charge in [-0.3, -0.25) is 4.40 Å². The highest BCUT2D eigenvalue weighted by molar-refractivity contribution is 7.19. The van der Waals surface area contributed by atoms with E-state index in [1.54, 1.807) is 6.20 Å². The van der Waals surface area contributed by atoms with Crippen LogP contribution < -0.4 is 5.73 Å². The van der Waals surface area contributed by atoms with Crippen LogP contribution in [-0.4, -0.2) is 20.9 Å². The maximum Gasteiger partial charge on any atom is 0.234 e. The summed E-state index contributed by atoms with van der Waals surface area (Å²) in [6.07, 6.45) is 4.45. The molecule has 6 heteroatoms. The normalized spacial score (nSPS) is 11.2. The van der Waals surface area contributed by atoms with Gasteiger partial charge in [-0.15, -0.1) is 11.3 Å². The molecule has 3 aromatic heterocycles. The van der Waals surface area contributed by atoms with Gasteiger partial charge in [-0.25, -0.2) is 9.97 Å². The molecule has 0 aliphatic carbocycles. The van der Waals surface area contributed by atoms with E-state index in [1.165, 1.54) is 11.3 Å². The summed E-state index contributed by atoms with van der Waals surface area (Å²) in [5, 5.41) is 0. The average Bonchev–Trinajstić information content (AvgIpc) is 2.95. The molecule has 0 amide bonds. The lowest BCUT2D eigenvalue weighted by atomic mass is 10.2. The van der Waals surface area contributed by atoms with E-state index < -0.39 is 0 Å². The average molecular weight is 279 g/mol. The summed E-state index contributed by atoms with van der Waals surface area (Å²) in [6, 6.07) is 5.75. The van der Waals surface area contributed by atoms with Crippen molar-refractivity contribution in [2.24, 2.45) is 5.73 Å². The predicted molar refractivity (Wildman–Crippen MR) is 74.1 cm³/mol. The van der Waals surface area contributed by atoms with Gasteiger partial charge in [0.15, 0.2) is 0 Å². The largest absolute Gasteiger partial charge is 0.330 e. The van der Waals surface area contributed by atoms with E-state index in [2.05, 4.69) is 9.97 Å². The van der Waals surface area contributed by atoms with Gasteiger partial charge in [0.1, 0.15) is 5.69 Å². The second-order valence-electron chi connectivity index (χ2n) is 3.84. The summed E-state index contributed by atoms with van der Waals surface area (Å²) in [4.78, 5) is 9.87. The van der Waals surface area contributed by atoms with Gasteiger partial charge in [-0.2, -0.15) is 0 Å². The fourth-order valence-corrected chi connectivity index (χ4v) is 3.00. The Bertz CT molecular complexity index is 688. The van der Waals surface area contributed by atoms with E-state index in [0.717, 1.165) is 27.0 Å². The van der Waals surface area contributed by atoms with E-state index in [0.29, 0.717) is 12.3 Å². The summed E-state index contributed by atoms with van der Waals surface area (Å²) in [6.45, 7) is 0.578. The van der Waals surface area contributed by atoms with Crippen molar-refractivity contribution in [2.45, 2.75) is 6.42 Å². The lowest BCUT2D eigenvalue weighted by Crippen LogP contribution is -2.06. The molecule has 0 fully saturated rings. The molecule has 3 heterocycles. The molecule has 0 saturated carbocycles. The third-order valence-electron chi connectivity index (χ3n) is 2.69. The smallest absolute Gasteiger partial charge is 0.234 e. The fourth-order valence-electron chi connectivity index (χ4n) is 1.95. The summed E-state index contributed by atoms with van der Waals surface area (Å²) in [5.74, 6) is 0.695. The molecule has 0 bridgehead atoms. The van der Waals surface area contributed by atoms with E-state index in [-0.39, 0.29) is 0 Å². The zero-order chi connectivity index (χ0) is 12.5. The molecular weight excluding hydrogens is 268 g/mol. The Morgan fingerprint density at radius 1 is 1.39 bits per heavy atom. The van der Waals surface area contributed by atoms with Gasteiger partial charge in [-0.05, 0) is 24.7 Å². The number of imidazole rings is 1. The number of thiophene rings is 1. The lowest BCUT2D eigenvalue weighted by Gasteiger charge is -2.01. The number of halogens is 1. The number of rotatable bonds is 3. The van der Waals surface area contributed by atoms with Crippen LogP contribution in [0.1, 0.15) is 5.69 Å². The fraction of sp³-hybridized carbons (Fsp3) is 0.167. The zero-order valence-electron chi connectivity index (χ0n) is 9.51. The molecule has 0 spiro atoms. The molecule has 3 aromatic rings. The Kier molecular flexibility index (Phi) is 3.03. The Morgan fingerprint density at radius 2 is 2.28 bits per heavy atom. The van der Waals surface area contributed by atoms with Crippen LogP contribution in [0.15, 0.2) is 30.6 Å². The van der Waals surface area contributed by atoms with Crippen molar-refractivity contribution >= 4 is 28.7 Å². The van der Waals surface area contributed by atoms with Crippen molar-refractivity contribution in [3.8, 4) is 10.6 Å². The van der Waals surface area contributed by atoms with Crippen LogP contribution in [0.25, 0.3) is 16.3 Å². The van der Waals surface area contributed by atoms with Crippen LogP contribution in [0.2, 0.25) is 4.34 Å². The Morgan fingerprint density at radius 3 is 3.00 bits per heavy atom. The molecule has 2 N–H and O–H groups in total. The standard InChI is InChI=1S/C12H11ClN4S/c13-10-3-2-9(18-10)11-8(4-5-14)17-7-1-6-15-12(17)16-11/h1-3,6-7H,4-5,14H2. The van der Waals surface area contributed by atoms with E-state index in [1.807, 2.05) is 28.8 Å². The minimum absolute atomic E-state index is 0.578.